The van der Waals surface area contributed by atoms with Gasteiger partial charge in [-0.2, -0.15) is 5.10 Å². The highest BCUT2D eigenvalue weighted by molar-refractivity contribution is 6.06. The lowest BCUT2D eigenvalue weighted by molar-refractivity contribution is -0.131. The number of carbonyl (C=O) groups is 2. The van der Waals surface area contributed by atoms with Gasteiger partial charge in [0.2, 0.25) is 5.91 Å². The molecule has 8 heteroatoms. The monoisotopic (exact) mass is 447 g/mol. The number of hydrogen-bond acceptors (Lipinski definition) is 5. The summed E-state index contributed by atoms with van der Waals surface area (Å²) < 4.78 is 1.20. The first-order valence-electron chi connectivity index (χ1n) is 11.3. The third-order valence-corrected chi connectivity index (χ3v) is 5.90. The van der Waals surface area contributed by atoms with E-state index in [9.17, 15) is 14.4 Å². The van der Waals surface area contributed by atoms with E-state index >= 15 is 0 Å². The Labute approximate surface area is 192 Å². The predicted molar refractivity (Wildman–Crippen MR) is 126 cm³/mol. The first kappa shape index (κ1) is 22.6. The lowest BCUT2D eigenvalue weighted by atomic mass is 9.99. The van der Waals surface area contributed by atoms with E-state index in [1.54, 1.807) is 17.9 Å². The van der Waals surface area contributed by atoms with Crippen molar-refractivity contribution in [3.63, 3.8) is 0 Å². The maximum Gasteiger partial charge on any atom is 0.267 e. The van der Waals surface area contributed by atoms with Crippen LogP contribution < -0.4 is 10.9 Å². The van der Waals surface area contributed by atoms with Crippen molar-refractivity contribution >= 4 is 22.7 Å². The fourth-order valence-electron chi connectivity index (χ4n) is 4.11. The van der Waals surface area contributed by atoms with Crippen LogP contribution in [0, 0.1) is 12.8 Å². The number of fused-ring (bicyclic) bond motifs is 1. The van der Waals surface area contributed by atoms with Crippen molar-refractivity contribution in [2.45, 2.75) is 39.7 Å². The fourth-order valence-corrected chi connectivity index (χ4v) is 4.11. The normalized spacial score (nSPS) is 15.9. The molecule has 1 aromatic carbocycles. The molecule has 0 bridgehead atoms. The zero-order valence-corrected chi connectivity index (χ0v) is 19.2. The lowest BCUT2D eigenvalue weighted by Crippen LogP contribution is -2.36. The van der Waals surface area contributed by atoms with Crippen molar-refractivity contribution in [3.05, 3.63) is 69.8 Å². The number of nitrogens with one attached hydrogen (secondary N) is 1. The largest absolute Gasteiger partial charge is 0.352 e. The molecule has 2 aromatic heterocycles. The molecule has 0 aliphatic carbocycles. The van der Waals surface area contributed by atoms with Gasteiger partial charge in [0.15, 0.2) is 0 Å². The van der Waals surface area contributed by atoms with Crippen molar-refractivity contribution in [2.75, 3.05) is 19.6 Å². The van der Waals surface area contributed by atoms with Crippen LogP contribution in [-0.4, -0.2) is 51.1 Å². The number of hydrogen-bond donors (Lipinski definition) is 1. The number of aromatic nitrogens is 3. The Morgan fingerprint density at radius 2 is 1.97 bits per heavy atom. The van der Waals surface area contributed by atoms with E-state index in [1.807, 2.05) is 30.3 Å². The van der Waals surface area contributed by atoms with Crippen LogP contribution in [0.4, 0.5) is 0 Å². The topological polar surface area (TPSA) is 97.2 Å². The summed E-state index contributed by atoms with van der Waals surface area (Å²) in [6, 6.07) is 12.6. The zero-order valence-electron chi connectivity index (χ0n) is 19.2. The number of pyridine rings is 1. The molecular formula is C25H29N5O3. The molecule has 1 aliphatic heterocycles. The van der Waals surface area contributed by atoms with Gasteiger partial charge in [-0.1, -0.05) is 32.0 Å². The van der Waals surface area contributed by atoms with Crippen LogP contribution >= 0.6 is 0 Å². The molecule has 8 nitrogen and oxygen atoms in total. The molecule has 0 spiro atoms. The highest BCUT2D eigenvalue weighted by Gasteiger charge is 2.29. The molecule has 0 saturated carbocycles. The predicted octanol–water partition coefficient (Wildman–Crippen LogP) is 2.50. The second kappa shape index (κ2) is 9.52. The molecule has 172 valence electrons. The number of aryl methyl sites for hydroxylation is 1. The van der Waals surface area contributed by atoms with E-state index < -0.39 is 0 Å². The molecule has 1 N–H and O–H groups in total. The number of likely N-dealkylation sites (tertiary alicyclic amines) is 1. The molecule has 3 heterocycles. The molecule has 0 radical (unpaired) electrons. The summed E-state index contributed by atoms with van der Waals surface area (Å²) in [4.78, 5) is 44.3. The maximum atomic E-state index is 12.9. The molecule has 1 fully saturated rings. The summed E-state index contributed by atoms with van der Waals surface area (Å²) in [7, 11) is 0. The molecule has 33 heavy (non-hydrogen) atoms. The Morgan fingerprint density at radius 1 is 1.18 bits per heavy atom. The van der Waals surface area contributed by atoms with Gasteiger partial charge in [-0.25, -0.2) is 4.68 Å². The second-order valence-corrected chi connectivity index (χ2v) is 9.01. The van der Waals surface area contributed by atoms with E-state index in [0.29, 0.717) is 36.8 Å². The van der Waals surface area contributed by atoms with Gasteiger partial charge >= 0.3 is 0 Å². The Bertz CT molecular complexity index is 1250. The van der Waals surface area contributed by atoms with Gasteiger partial charge in [-0.05, 0) is 37.5 Å². The Kier molecular flexibility index (Phi) is 6.53. The van der Waals surface area contributed by atoms with E-state index in [2.05, 4.69) is 24.3 Å². The van der Waals surface area contributed by atoms with E-state index in [4.69, 9.17) is 4.98 Å². The average Bonchev–Trinajstić information content (AvgIpc) is 3.29. The Hall–Kier alpha value is -3.55. The Morgan fingerprint density at radius 3 is 2.76 bits per heavy atom. The SMILES string of the molecule is Cc1ccc(=O)n(CC(=O)N2CCC(c3cc(C(=O)NCC(C)C)c4ccccc4n3)C2)n1. The van der Waals surface area contributed by atoms with Crippen LogP contribution in [0.25, 0.3) is 10.9 Å². The number of nitrogens with zero attached hydrogens (tertiary/aromatic N) is 4. The number of amides is 2. The first-order valence-corrected chi connectivity index (χ1v) is 11.3. The number of para-hydroxylation sites is 1. The average molecular weight is 448 g/mol. The third-order valence-electron chi connectivity index (χ3n) is 5.90. The van der Waals surface area contributed by atoms with Crippen LogP contribution in [0.3, 0.4) is 0 Å². The van der Waals surface area contributed by atoms with Gasteiger partial charge in [-0.15, -0.1) is 0 Å². The zero-order chi connectivity index (χ0) is 23.5. The molecule has 3 aromatic rings. The first-order chi connectivity index (χ1) is 15.8. The summed E-state index contributed by atoms with van der Waals surface area (Å²) in [5, 5.41) is 7.98. The van der Waals surface area contributed by atoms with E-state index in [-0.39, 0.29) is 29.8 Å². The highest BCUT2D eigenvalue weighted by atomic mass is 16.2. The molecule has 1 aliphatic rings. The molecular weight excluding hydrogens is 418 g/mol. The maximum absolute atomic E-state index is 12.9. The van der Waals surface area contributed by atoms with Crippen molar-refractivity contribution in [1.29, 1.82) is 0 Å². The second-order valence-electron chi connectivity index (χ2n) is 9.01. The molecule has 4 rings (SSSR count). The van der Waals surface area contributed by atoms with Crippen LogP contribution in [0.2, 0.25) is 0 Å². The van der Waals surface area contributed by atoms with Gasteiger partial charge in [0, 0.05) is 42.7 Å². The third kappa shape index (κ3) is 5.10. The fraction of sp³-hybridized carbons (Fsp3) is 0.400. The summed E-state index contributed by atoms with van der Waals surface area (Å²) in [5.74, 6) is 0.122. The van der Waals surface area contributed by atoms with Crippen LogP contribution in [0.1, 0.15) is 47.9 Å². The van der Waals surface area contributed by atoms with Gasteiger partial charge in [0.1, 0.15) is 6.54 Å². The van der Waals surface area contributed by atoms with E-state index in [0.717, 1.165) is 23.0 Å². The standard InChI is InChI=1S/C25H29N5O3/c1-16(2)13-26-25(33)20-12-22(27-21-7-5-4-6-19(20)21)18-10-11-29(14-18)24(32)15-30-23(31)9-8-17(3)28-30/h4-9,12,16,18H,10-11,13-15H2,1-3H3,(H,26,33). The van der Waals surface area contributed by atoms with Crippen molar-refractivity contribution in [3.8, 4) is 0 Å². The summed E-state index contributed by atoms with van der Waals surface area (Å²) in [6.07, 6.45) is 0.750. The van der Waals surface area contributed by atoms with E-state index in [1.165, 1.54) is 10.7 Å². The van der Waals surface area contributed by atoms with Crippen molar-refractivity contribution < 1.29 is 9.59 Å². The minimum absolute atomic E-state index is 0.0254. The van der Waals surface area contributed by atoms with Gasteiger partial charge in [-0.3, -0.25) is 19.4 Å². The van der Waals surface area contributed by atoms with Crippen LogP contribution in [0.5, 0.6) is 0 Å². The van der Waals surface area contributed by atoms with Gasteiger partial charge < -0.3 is 10.2 Å². The van der Waals surface area contributed by atoms with Crippen LogP contribution in [-0.2, 0) is 11.3 Å². The summed E-state index contributed by atoms with van der Waals surface area (Å²) >= 11 is 0. The number of carbonyl (C=O) groups excluding carboxylic acids is 2. The summed E-state index contributed by atoms with van der Waals surface area (Å²) in [6.45, 7) is 7.49. The number of benzene rings is 1. The highest BCUT2D eigenvalue weighted by Crippen LogP contribution is 2.29. The van der Waals surface area contributed by atoms with Gasteiger partial charge in [0.05, 0.1) is 16.8 Å². The van der Waals surface area contributed by atoms with Crippen LogP contribution in [0.15, 0.2) is 47.3 Å². The minimum atomic E-state index is -0.294. The van der Waals surface area contributed by atoms with Crippen molar-refractivity contribution in [1.82, 2.24) is 25.0 Å². The van der Waals surface area contributed by atoms with Crippen molar-refractivity contribution in [2.24, 2.45) is 5.92 Å². The smallest absolute Gasteiger partial charge is 0.267 e. The lowest BCUT2D eigenvalue weighted by Gasteiger charge is -2.18. The molecule has 2 amide bonds. The Balaban J connectivity index is 1.54. The molecule has 1 saturated heterocycles. The molecule has 1 unspecified atom stereocenters. The van der Waals surface area contributed by atoms with Gasteiger partial charge in [0.25, 0.3) is 11.5 Å². The quantitative estimate of drug-likeness (QED) is 0.626. The summed E-state index contributed by atoms with van der Waals surface area (Å²) in [5.41, 5.74) is 2.58. The number of rotatable bonds is 6. The molecule has 1 atom stereocenters. The minimum Gasteiger partial charge on any atom is -0.352 e.